The van der Waals surface area contributed by atoms with Crippen molar-refractivity contribution in [3.63, 3.8) is 0 Å². The van der Waals surface area contributed by atoms with Gasteiger partial charge < -0.3 is 14.8 Å². The summed E-state index contributed by atoms with van der Waals surface area (Å²) >= 11 is 3.63. The Morgan fingerprint density at radius 2 is 1.69 bits per heavy atom. The van der Waals surface area contributed by atoms with E-state index < -0.39 is 6.09 Å². The Morgan fingerprint density at radius 1 is 1.00 bits per heavy atom. The number of nitrogens with zero attached hydrogens (tertiary/aromatic N) is 1. The molecule has 1 aromatic heterocycles. The molecule has 35 heavy (non-hydrogen) atoms. The van der Waals surface area contributed by atoms with Crippen LogP contribution in [-0.4, -0.2) is 40.7 Å². The number of rotatable bonds is 8. The number of carbonyl (C=O) groups is 2. The first-order chi connectivity index (χ1) is 16.8. The van der Waals surface area contributed by atoms with Gasteiger partial charge in [-0.1, -0.05) is 6.07 Å². The average Bonchev–Trinajstić information content (AvgIpc) is 3.46. The first-order valence-electron chi connectivity index (χ1n) is 12.5. The van der Waals surface area contributed by atoms with Crippen molar-refractivity contribution >= 4 is 41.0 Å². The molecule has 2 amide bonds. The number of ether oxygens (including phenoxy) is 2. The van der Waals surface area contributed by atoms with Gasteiger partial charge in [-0.25, -0.2) is 14.6 Å². The van der Waals surface area contributed by atoms with Crippen molar-refractivity contribution in [1.29, 1.82) is 0 Å². The van der Waals surface area contributed by atoms with Gasteiger partial charge in [0, 0.05) is 39.6 Å². The van der Waals surface area contributed by atoms with Crippen molar-refractivity contribution in [1.82, 2.24) is 10.3 Å². The van der Waals surface area contributed by atoms with Crippen LogP contribution in [-0.2, 0) is 9.47 Å². The van der Waals surface area contributed by atoms with Gasteiger partial charge in [0.1, 0.15) is 0 Å². The molecule has 190 valence electrons. The Hall–Kier alpha value is -2.26. The third-order valence-corrected chi connectivity index (χ3v) is 8.51. The second kappa shape index (κ2) is 11.6. The summed E-state index contributed by atoms with van der Waals surface area (Å²) in [5.41, 5.74) is 1.91. The van der Waals surface area contributed by atoms with Gasteiger partial charge >= 0.3 is 12.2 Å². The number of nitrogens with one attached hydrogen (secondary N) is 2. The van der Waals surface area contributed by atoms with Crippen LogP contribution in [0.25, 0.3) is 10.4 Å². The summed E-state index contributed by atoms with van der Waals surface area (Å²) in [6.45, 7) is 7.39. The van der Waals surface area contributed by atoms with Gasteiger partial charge in [0.25, 0.3) is 0 Å². The molecule has 2 saturated carbocycles. The zero-order valence-corrected chi connectivity index (χ0v) is 22.5. The van der Waals surface area contributed by atoms with Gasteiger partial charge in [0.15, 0.2) is 0 Å². The minimum Gasteiger partial charge on any atom is -0.447 e. The van der Waals surface area contributed by atoms with E-state index in [-0.39, 0.29) is 24.3 Å². The first-order valence-corrected chi connectivity index (χ1v) is 14.2. The second-order valence-corrected chi connectivity index (χ2v) is 12.2. The lowest BCUT2D eigenvalue weighted by molar-refractivity contribution is 0.109. The van der Waals surface area contributed by atoms with E-state index in [0.717, 1.165) is 41.3 Å². The van der Waals surface area contributed by atoms with E-state index in [1.807, 2.05) is 57.8 Å². The summed E-state index contributed by atoms with van der Waals surface area (Å²) in [5, 5.41) is 7.64. The molecule has 4 rings (SSSR count). The fraction of sp³-hybridized carbons (Fsp3) is 0.577. The van der Waals surface area contributed by atoms with Crippen molar-refractivity contribution in [2.24, 2.45) is 0 Å². The third-order valence-electron chi connectivity index (χ3n) is 5.92. The van der Waals surface area contributed by atoms with E-state index in [2.05, 4.69) is 16.7 Å². The van der Waals surface area contributed by atoms with Crippen molar-refractivity contribution in [2.75, 3.05) is 5.32 Å². The largest absolute Gasteiger partial charge is 0.447 e. The SMILES string of the molecule is CC(C)OC(=O)Nc1ccc(-c2cnc(C3CCC(NC(=O)OC(C)C)CC3)s2)c(SC2CC2)c1. The summed E-state index contributed by atoms with van der Waals surface area (Å²) in [4.78, 5) is 31.1. The zero-order chi connectivity index (χ0) is 24.9. The number of anilines is 1. The molecule has 0 aliphatic heterocycles. The quantitative estimate of drug-likeness (QED) is 0.385. The maximum absolute atomic E-state index is 12.1. The summed E-state index contributed by atoms with van der Waals surface area (Å²) in [5.74, 6) is 0.416. The fourth-order valence-electron chi connectivity index (χ4n) is 4.13. The highest BCUT2D eigenvalue weighted by molar-refractivity contribution is 8.00. The highest BCUT2D eigenvalue weighted by Crippen LogP contribution is 2.46. The average molecular weight is 518 g/mol. The first kappa shape index (κ1) is 25.8. The number of hydrogen-bond acceptors (Lipinski definition) is 7. The number of carbonyl (C=O) groups excluding carboxylic acids is 2. The number of benzene rings is 1. The van der Waals surface area contributed by atoms with E-state index >= 15 is 0 Å². The fourth-order valence-corrected chi connectivity index (χ4v) is 6.55. The number of alkyl carbamates (subject to hydrolysis) is 1. The molecule has 0 radical (unpaired) electrons. The van der Waals surface area contributed by atoms with Crippen LogP contribution in [0.5, 0.6) is 0 Å². The summed E-state index contributed by atoms with van der Waals surface area (Å²) in [6.07, 6.45) is 7.29. The van der Waals surface area contributed by atoms with Gasteiger partial charge in [-0.2, -0.15) is 0 Å². The van der Waals surface area contributed by atoms with Gasteiger partial charge in [-0.05, 0) is 78.4 Å². The van der Waals surface area contributed by atoms with Crippen molar-refractivity contribution in [3.05, 3.63) is 29.4 Å². The van der Waals surface area contributed by atoms with Crippen LogP contribution in [0.3, 0.4) is 0 Å². The van der Waals surface area contributed by atoms with E-state index in [1.54, 1.807) is 11.3 Å². The molecule has 2 N–H and O–H groups in total. The molecule has 2 aromatic rings. The minimum absolute atomic E-state index is 0.109. The maximum atomic E-state index is 12.1. The topological polar surface area (TPSA) is 89.5 Å². The molecule has 7 nitrogen and oxygen atoms in total. The monoisotopic (exact) mass is 517 g/mol. The van der Waals surface area contributed by atoms with E-state index in [0.29, 0.717) is 11.2 Å². The van der Waals surface area contributed by atoms with Gasteiger partial charge in [-0.15, -0.1) is 23.1 Å². The van der Waals surface area contributed by atoms with Crippen LogP contribution < -0.4 is 10.6 Å². The van der Waals surface area contributed by atoms with Crippen LogP contribution in [0.1, 0.15) is 77.1 Å². The lowest BCUT2D eigenvalue weighted by Crippen LogP contribution is -2.38. The Bertz CT molecular complexity index is 1030. The molecule has 0 atom stereocenters. The molecular weight excluding hydrogens is 482 g/mol. The molecule has 2 aliphatic rings. The Labute approximate surface area is 215 Å². The number of hydrogen-bond donors (Lipinski definition) is 2. The van der Waals surface area contributed by atoms with Crippen LogP contribution in [0.2, 0.25) is 0 Å². The van der Waals surface area contributed by atoms with Gasteiger partial charge in [-0.3, -0.25) is 5.32 Å². The van der Waals surface area contributed by atoms with Crippen molar-refractivity contribution in [2.45, 2.75) is 101 Å². The molecule has 2 fully saturated rings. The van der Waals surface area contributed by atoms with E-state index in [4.69, 9.17) is 14.5 Å². The van der Waals surface area contributed by atoms with Crippen molar-refractivity contribution < 1.29 is 19.1 Å². The Balaban J connectivity index is 1.41. The second-order valence-electron chi connectivity index (χ2n) is 9.82. The summed E-state index contributed by atoms with van der Waals surface area (Å²) in [7, 11) is 0. The normalized spacial score (nSPS) is 20.1. The molecule has 0 saturated heterocycles. The van der Waals surface area contributed by atoms with Crippen LogP contribution >= 0.6 is 23.1 Å². The number of amides is 2. The maximum Gasteiger partial charge on any atom is 0.411 e. The van der Waals surface area contributed by atoms with E-state index in [9.17, 15) is 9.59 Å². The van der Waals surface area contributed by atoms with Crippen LogP contribution in [0.15, 0.2) is 29.3 Å². The Morgan fingerprint density at radius 3 is 2.34 bits per heavy atom. The number of thiazole rings is 1. The lowest BCUT2D eigenvalue weighted by atomic mass is 9.86. The molecule has 0 unspecified atom stereocenters. The predicted molar refractivity (Wildman–Crippen MR) is 141 cm³/mol. The number of aromatic nitrogens is 1. The van der Waals surface area contributed by atoms with Crippen LogP contribution in [0.4, 0.5) is 15.3 Å². The molecule has 1 heterocycles. The smallest absolute Gasteiger partial charge is 0.411 e. The molecule has 0 spiro atoms. The highest BCUT2D eigenvalue weighted by atomic mass is 32.2. The van der Waals surface area contributed by atoms with Crippen molar-refractivity contribution in [3.8, 4) is 10.4 Å². The van der Waals surface area contributed by atoms with Gasteiger partial charge in [0.05, 0.1) is 22.1 Å². The summed E-state index contributed by atoms with van der Waals surface area (Å²) in [6, 6.07) is 6.22. The predicted octanol–water partition coefficient (Wildman–Crippen LogP) is 7.18. The highest BCUT2D eigenvalue weighted by Gasteiger charge is 2.28. The van der Waals surface area contributed by atoms with E-state index in [1.165, 1.54) is 23.3 Å². The lowest BCUT2D eigenvalue weighted by Gasteiger charge is -2.28. The third kappa shape index (κ3) is 7.61. The zero-order valence-electron chi connectivity index (χ0n) is 20.8. The standard InChI is InChI=1S/C26H35N3O4S2/c1-15(2)32-25(30)28-18-7-5-17(6-8-18)24-27-14-23(35-24)21-12-9-19(29-26(31)33-16(3)4)13-22(21)34-20-10-11-20/h9,12-18,20H,5-8,10-11H2,1-4H3,(H,28,30)(H,29,31). The van der Waals surface area contributed by atoms with Crippen LogP contribution in [0, 0.1) is 0 Å². The molecule has 1 aromatic carbocycles. The molecule has 9 heteroatoms. The summed E-state index contributed by atoms with van der Waals surface area (Å²) < 4.78 is 10.4. The molecule has 0 bridgehead atoms. The van der Waals surface area contributed by atoms with Gasteiger partial charge in [0.2, 0.25) is 0 Å². The molecular formula is C26H35N3O4S2. The molecule has 2 aliphatic carbocycles. The minimum atomic E-state index is -0.433. The Kier molecular flexibility index (Phi) is 8.59. The number of thioether (sulfide) groups is 1.